The number of carbonyl (C=O) groups is 3. The molecule has 2 aromatic heterocycles. The number of amides is 2. The number of aromatic nitrogens is 2. The Morgan fingerprint density at radius 1 is 0.692 bits per heavy atom. The van der Waals surface area contributed by atoms with Gasteiger partial charge in [-0.25, -0.2) is 23.5 Å². The molecule has 0 bridgehead atoms. The van der Waals surface area contributed by atoms with E-state index in [4.69, 9.17) is 0 Å². The molecule has 0 saturated heterocycles. The Labute approximate surface area is 249 Å². The number of rotatable bonds is 7. The van der Waals surface area contributed by atoms with Crippen LogP contribution in [0.5, 0.6) is 11.5 Å². The summed E-state index contributed by atoms with van der Waals surface area (Å²) in [6, 6.07) is 13.2. The third-order valence-corrected chi connectivity index (χ3v) is 5.28. The number of hydrogen-bond donors (Lipinski definition) is 5. The van der Waals surface area contributed by atoms with Crippen molar-refractivity contribution in [1.29, 1.82) is 0 Å². The average molecular weight is 563 g/mol. The van der Waals surface area contributed by atoms with E-state index >= 15 is 0 Å². The topological polar surface area (TPSA) is 162 Å². The maximum absolute atomic E-state index is 13.5. The Morgan fingerprint density at radius 2 is 1.10 bits per heavy atom. The van der Waals surface area contributed by atoms with Crippen LogP contribution in [0.25, 0.3) is 22.3 Å². The monoisotopic (exact) mass is 562 g/mol. The van der Waals surface area contributed by atoms with Crippen molar-refractivity contribution in [3.63, 3.8) is 0 Å². The van der Waals surface area contributed by atoms with Crippen molar-refractivity contribution in [3.8, 4) is 33.8 Å². The van der Waals surface area contributed by atoms with Gasteiger partial charge in [0, 0.05) is 23.5 Å². The Bertz CT molecular complexity index is 1460. The van der Waals surface area contributed by atoms with Crippen LogP contribution in [0, 0.1) is 11.6 Å². The van der Waals surface area contributed by atoms with E-state index < -0.39 is 58.5 Å². The van der Waals surface area contributed by atoms with Crippen LogP contribution < -0.4 is 10.6 Å². The van der Waals surface area contributed by atoms with Crippen LogP contribution in [0.1, 0.15) is 21.0 Å². The number of carbonyl (C=O) groups excluding carboxylic acids is 2. The minimum atomic E-state index is -2.00. The second-order valence-electron chi connectivity index (χ2n) is 7.92. The summed E-state index contributed by atoms with van der Waals surface area (Å²) >= 11 is 0. The van der Waals surface area contributed by atoms with E-state index in [9.17, 15) is 38.5 Å². The Hall–Kier alpha value is -4.13. The summed E-state index contributed by atoms with van der Waals surface area (Å²) in [5, 5.41) is 34.0. The van der Waals surface area contributed by atoms with E-state index in [1.165, 1.54) is 48.8 Å². The van der Waals surface area contributed by atoms with Gasteiger partial charge in [-0.15, -0.1) is 0 Å². The van der Waals surface area contributed by atoms with Gasteiger partial charge in [0.2, 0.25) is 6.17 Å². The number of benzene rings is 2. The first kappa shape index (κ1) is 29.4. The quantitative estimate of drug-likeness (QED) is 0.169. The molecule has 4 rings (SSSR count). The number of carboxylic acid groups (broad SMARTS) is 1. The number of hydrogen-bond acceptors (Lipinski definition) is 7. The molecule has 0 radical (unpaired) electrons. The molecule has 0 aliphatic carbocycles. The first-order valence-electron chi connectivity index (χ1n) is 10.9. The van der Waals surface area contributed by atoms with E-state index in [1.807, 2.05) is 10.6 Å². The molecule has 0 unspecified atom stereocenters. The van der Waals surface area contributed by atoms with Crippen molar-refractivity contribution in [2.24, 2.45) is 0 Å². The van der Waals surface area contributed by atoms with Crippen molar-refractivity contribution in [1.82, 2.24) is 20.6 Å². The van der Waals surface area contributed by atoms with Crippen molar-refractivity contribution in [3.05, 3.63) is 96.1 Å². The van der Waals surface area contributed by atoms with Crippen LogP contribution in [-0.4, -0.2) is 87.0 Å². The summed E-state index contributed by atoms with van der Waals surface area (Å²) in [4.78, 5) is 44.5. The van der Waals surface area contributed by atoms with Gasteiger partial charge in [0.15, 0.2) is 11.4 Å². The fraction of sp³-hybridized carbons (Fsp3) is 0.0385. The van der Waals surface area contributed by atoms with Crippen LogP contribution >= 0.6 is 0 Å². The molecule has 2 heterocycles. The molecule has 0 aliphatic rings. The molecule has 13 heteroatoms. The van der Waals surface area contributed by atoms with Gasteiger partial charge < -0.3 is 26.0 Å². The number of nitrogens with zero attached hydrogens (tertiary/aromatic N) is 2. The van der Waals surface area contributed by atoms with Gasteiger partial charge in [0.05, 0.1) is 0 Å². The van der Waals surface area contributed by atoms with Gasteiger partial charge in [-0.2, -0.15) is 0 Å². The zero-order valence-electron chi connectivity index (χ0n) is 19.2. The molecule has 0 aliphatic heterocycles. The van der Waals surface area contributed by atoms with Crippen molar-refractivity contribution < 1.29 is 38.5 Å². The Balaban J connectivity index is 0.00000420. The zero-order chi connectivity index (χ0) is 27.4. The summed E-state index contributed by atoms with van der Waals surface area (Å²) in [6.45, 7) is 0. The molecule has 39 heavy (non-hydrogen) atoms. The molecular weight excluding hydrogens is 542 g/mol. The molecule has 196 valence electrons. The van der Waals surface area contributed by atoms with Crippen LogP contribution in [0.2, 0.25) is 0 Å². The molecule has 10 nitrogen and oxygen atoms in total. The number of nitrogens with one attached hydrogen (secondary N) is 2. The fourth-order valence-corrected chi connectivity index (χ4v) is 3.47. The van der Waals surface area contributed by atoms with Crippen molar-refractivity contribution in [2.45, 2.75) is 6.17 Å². The number of aliphatic carboxylic acids is 1. The maximum atomic E-state index is 13.5. The summed E-state index contributed by atoms with van der Waals surface area (Å²) in [5.74, 6) is -6.22. The summed E-state index contributed by atoms with van der Waals surface area (Å²) in [7, 11) is 0. The first-order valence-corrected chi connectivity index (χ1v) is 10.9. The minimum absolute atomic E-state index is 0. The molecular formula is C26H20CaF2N4O6. The van der Waals surface area contributed by atoms with E-state index in [0.717, 1.165) is 12.1 Å². The fourth-order valence-electron chi connectivity index (χ4n) is 3.47. The predicted molar refractivity (Wildman–Crippen MR) is 137 cm³/mol. The SMILES string of the molecule is O=C(NC(NC(=O)c1ncc(-c2cccc(F)c2)cc1O)C(=O)O)c1ncc(-c2cccc(F)c2)cc1O.[CaH2]. The zero-order valence-corrected chi connectivity index (χ0v) is 19.2. The Morgan fingerprint density at radius 3 is 1.44 bits per heavy atom. The van der Waals surface area contributed by atoms with Gasteiger partial charge in [-0.05, 0) is 47.5 Å². The third kappa shape index (κ3) is 7.05. The van der Waals surface area contributed by atoms with E-state index in [1.54, 1.807) is 12.1 Å². The van der Waals surface area contributed by atoms with Gasteiger partial charge in [0.1, 0.15) is 23.1 Å². The third-order valence-electron chi connectivity index (χ3n) is 5.28. The second-order valence-corrected chi connectivity index (χ2v) is 7.92. The van der Waals surface area contributed by atoms with Gasteiger partial charge in [0.25, 0.3) is 11.8 Å². The van der Waals surface area contributed by atoms with Gasteiger partial charge >= 0.3 is 43.7 Å². The summed E-state index contributed by atoms with van der Waals surface area (Å²) in [5.41, 5.74) is 0.254. The van der Waals surface area contributed by atoms with Crippen LogP contribution in [-0.2, 0) is 4.79 Å². The molecule has 4 aromatic rings. The standard InChI is InChI=1S/C26H18F2N4O6.Ca.2H/c27-17-5-1-3-13(7-17)15-9-19(33)21(29-11-15)24(35)31-23(26(37)38)32-25(36)22-20(34)10-16(12-30-22)14-4-2-6-18(28)8-14;;;/h1-12,23,33-34H,(H,31,35)(H,32,36)(H,37,38);;;. The van der Waals surface area contributed by atoms with Crippen molar-refractivity contribution in [2.75, 3.05) is 0 Å². The summed E-state index contributed by atoms with van der Waals surface area (Å²) in [6.07, 6.45) is 0.364. The van der Waals surface area contributed by atoms with E-state index in [0.29, 0.717) is 22.3 Å². The summed E-state index contributed by atoms with van der Waals surface area (Å²) < 4.78 is 26.9. The van der Waals surface area contributed by atoms with Crippen LogP contribution in [0.4, 0.5) is 8.78 Å². The molecule has 5 N–H and O–H groups in total. The Kier molecular flexibility index (Phi) is 9.51. The van der Waals surface area contributed by atoms with Gasteiger partial charge in [-0.1, -0.05) is 24.3 Å². The normalized spacial score (nSPS) is 10.4. The molecule has 0 saturated carbocycles. The predicted octanol–water partition coefficient (Wildman–Crippen LogP) is 2.15. The number of aromatic hydroxyl groups is 2. The van der Waals surface area contributed by atoms with E-state index in [-0.39, 0.29) is 37.7 Å². The molecule has 0 fully saturated rings. The van der Waals surface area contributed by atoms with Gasteiger partial charge in [-0.3, -0.25) is 9.59 Å². The molecule has 0 spiro atoms. The van der Waals surface area contributed by atoms with E-state index in [2.05, 4.69) is 9.97 Å². The average Bonchev–Trinajstić information content (AvgIpc) is 2.88. The molecule has 2 amide bonds. The van der Waals surface area contributed by atoms with Crippen LogP contribution in [0.15, 0.2) is 73.1 Å². The number of pyridine rings is 2. The second kappa shape index (κ2) is 12.6. The number of carboxylic acids is 1. The number of halogens is 2. The van der Waals surface area contributed by atoms with Crippen molar-refractivity contribution >= 4 is 55.5 Å². The molecule has 2 aromatic carbocycles. The van der Waals surface area contributed by atoms with Crippen LogP contribution in [0.3, 0.4) is 0 Å². The molecule has 0 atom stereocenters. The first-order chi connectivity index (χ1) is 18.1.